The Morgan fingerprint density at radius 1 is 0.298 bits per heavy atom. The topological polar surface area (TPSA) is 96.5 Å². The molecule has 131 heavy (non-hydrogen) atoms. The maximum atomic E-state index is 12.2. The van der Waals surface area contributed by atoms with Crippen LogP contribution in [0.3, 0.4) is 0 Å². The third kappa shape index (κ3) is 73.0. The zero-order chi connectivity index (χ0) is 97.0. The average molecular weight is 1690 g/mol. The number of nitrogens with one attached hydrogen (secondary N) is 3. The second-order valence-corrected chi connectivity index (χ2v) is 31.7. The monoisotopic (exact) mass is 1690 g/mol. The molecule has 0 bridgehead atoms. The molecule has 0 atom stereocenters. The summed E-state index contributed by atoms with van der Waals surface area (Å²) in [4.78, 5) is 36.5. The molecule has 0 saturated heterocycles. The van der Waals surface area contributed by atoms with Gasteiger partial charge >= 0.3 is 0 Å². The van der Waals surface area contributed by atoms with Gasteiger partial charge in [0.05, 0.1) is 6.61 Å². The first-order valence-electron chi connectivity index (χ1n) is 40.9. The van der Waals surface area contributed by atoms with Crippen LogP contribution in [-0.4, -0.2) is 55.8 Å². The molecule has 3 aromatic rings. The number of hydrogen-bond acceptors (Lipinski definition) is 6. The molecule has 0 heterocycles. The second kappa shape index (κ2) is 72.2. The van der Waals surface area contributed by atoms with Crippen molar-refractivity contribution in [3.05, 3.63) is 101 Å². The van der Waals surface area contributed by atoms with Crippen LogP contribution < -0.4 is 20.7 Å². The van der Waals surface area contributed by atoms with Crippen LogP contribution in [0, 0.1) is 408 Å². The van der Waals surface area contributed by atoms with E-state index < -0.39 is 0 Å². The van der Waals surface area contributed by atoms with E-state index in [-0.39, 0.29) is 39.4 Å². The summed E-state index contributed by atoms with van der Waals surface area (Å²) in [7, 11) is 3.93. The minimum Gasteiger partial charge on any atom is -0.494 e. The van der Waals surface area contributed by atoms with Gasteiger partial charge in [-0.05, 0) is 245 Å². The minimum absolute atomic E-state index is 0.0115. The third-order valence-electron chi connectivity index (χ3n) is 16.3. The van der Waals surface area contributed by atoms with Crippen LogP contribution in [0.2, 0.25) is 0 Å². The summed E-state index contributed by atoms with van der Waals surface area (Å²) in [6.45, 7) is 36.7. The van der Waals surface area contributed by atoms with Crippen LogP contribution in [0.15, 0.2) is 72.8 Å². The molecule has 3 aromatic carbocycles. The number of benzene rings is 3. The Labute approximate surface area is 786 Å². The first-order valence-corrected chi connectivity index (χ1v) is 40.9. The number of amides is 1. The predicted molar refractivity (Wildman–Crippen MR) is 538 cm³/mol. The fourth-order valence-corrected chi connectivity index (χ4v) is 8.69. The van der Waals surface area contributed by atoms with Crippen LogP contribution in [0.25, 0.3) is 0 Å². The molecule has 632 valence electrons. The van der Waals surface area contributed by atoms with E-state index in [9.17, 15) is 14.4 Å². The molecule has 0 aliphatic carbocycles. The van der Waals surface area contributed by atoms with Gasteiger partial charge in [0.25, 0.3) is 5.91 Å². The number of carbonyl (C=O) groups excluding carboxylic acids is 3. The number of terminal acetylenes is 2. The molecule has 3 N–H and O–H groups in total. The molecule has 0 unspecified atom stereocenters. The van der Waals surface area contributed by atoms with E-state index in [1.165, 1.54) is 11.1 Å². The van der Waals surface area contributed by atoms with Crippen LogP contribution in [-0.2, 0) is 11.8 Å². The summed E-state index contributed by atoms with van der Waals surface area (Å²) in [5.74, 6) is 159. The Bertz CT molecular complexity index is 6610. The first kappa shape index (κ1) is 113. The van der Waals surface area contributed by atoms with E-state index in [0.29, 0.717) is 35.8 Å². The highest BCUT2D eigenvalue weighted by atomic mass is 16.5. The van der Waals surface area contributed by atoms with Crippen LogP contribution in [0.1, 0.15) is 217 Å². The largest absolute Gasteiger partial charge is 0.494 e. The van der Waals surface area contributed by atoms with Gasteiger partial charge in [0.15, 0.2) is 11.6 Å². The molecule has 0 spiro atoms. The normalized spacial score (nSPS) is 8.09. The molecule has 0 fully saturated rings. The predicted octanol–water partition coefficient (Wildman–Crippen LogP) is 14.8. The summed E-state index contributed by atoms with van der Waals surface area (Å²) in [5, 5.41) is 9.52. The zero-order valence-electron chi connectivity index (χ0n) is 77.9. The van der Waals surface area contributed by atoms with E-state index in [1.807, 2.05) is 62.6 Å². The van der Waals surface area contributed by atoms with Gasteiger partial charge < -0.3 is 20.7 Å². The van der Waals surface area contributed by atoms with Gasteiger partial charge in [-0.2, -0.15) is 0 Å². The van der Waals surface area contributed by atoms with Crippen molar-refractivity contribution in [2.45, 2.75) is 198 Å². The van der Waals surface area contributed by atoms with Crippen molar-refractivity contribution >= 4 is 17.5 Å². The summed E-state index contributed by atoms with van der Waals surface area (Å²) >= 11 is 0. The summed E-state index contributed by atoms with van der Waals surface area (Å²) in [6, 6.07) is 23.6. The lowest BCUT2D eigenvalue weighted by atomic mass is 9.86. The van der Waals surface area contributed by atoms with Gasteiger partial charge in [-0.3, -0.25) is 14.4 Å². The summed E-state index contributed by atoms with van der Waals surface area (Å²) in [5.41, 5.74) is 6.20. The van der Waals surface area contributed by atoms with Crippen LogP contribution >= 0.6 is 0 Å². The van der Waals surface area contributed by atoms with Gasteiger partial charge in [-0.1, -0.05) is 138 Å². The van der Waals surface area contributed by atoms with Crippen molar-refractivity contribution in [3.8, 4) is 398 Å². The Kier molecular flexibility index (Phi) is 62.1. The highest BCUT2D eigenvalue weighted by molar-refractivity contribution is 5.97. The van der Waals surface area contributed by atoms with Gasteiger partial charge in [0, 0.05) is 331 Å². The fourth-order valence-electron chi connectivity index (χ4n) is 8.69. The number of ketones is 2. The Morgan fingerprint density at radius 2 is 0.542 bits per heavy atom. The van der Waals surface area contributed by atoms with E-state index in [0.717, 1.165) is 81.2 Å². The van der Waals surface area contributed by atoms with Gasteiger partial charge in [0.1, 0.15) is 5.75 Å². The highest BCUT2D eigenvalue weighted by Gasteiger charge is 2.20. The average Bonchev–Trinajstić information content (AvgIpc) is 0.839. The zero-order valence-corrected chi connectivity index (χ0v) is 77.9. The lowest BCUT2D eigenvalue weighted by Gasteiger charge is -2.23. The lowest BCUT2D eigenvalue weighted by molar-refractivity contribution is 0.0948. The smallest absolute Gasteiger partial charge is 0.251 e. The lowest BCUT2D eigenvalue weighted by Crippen LogP contribution is -2.35. The number of rotatable bonds is 22. The van der Waals surface area contributed by atoms with E-state index >= 15 is 0 Å². The Balaban J connectivity index is 0.00000207. The number of hydrogen-bond donors (Lipinski definition) is 3. The number of carbonyl (C=O) groups is 3. The van der Waals surface area contributed by atoms with E-state index in [4.69, 9.17) is 17.6 Å². The maximum absolute atomic E-state index is 12.2. The van der Waals surface area contributed by atoms with Crippen molar-refractivity contribution in [1.82, 2.24) is 16.0 Å². The standard InChI is InChI=1S/C66H2.C21H35NO2.C19H31NO.C18H29NO/c1-3-5-7-9-11-13-15-17-19-21-23-25-27-29-31-33-35-37-39-41-43-45-47-49-51-53-55-57-59-61-63-65-66-64-62-60-58-56-54-52-50-48-46-44-42-40-38-36-34-32-30-28-26-24-22-20-18-16-14-12-10-8-6-4-2;1-7-21(5,6)14-16-24-18-11-9-17(10-12-18)19(23)22-15-8-13-20(2,3)4;1-18(2,3)14-15-9-11-16(12-10-15)17(21)8-7-13-19(4,5)20-6;1-17(2,3)15-11-9-14(10-12-15)16(20)8-7-13-18(4,5)19-6/h1-2H;9-12H,7-8,13-16H2,1-6H3,(H,22,23);9-12,20H,7-8,13-14H2,1-6H3;9-12,19H,7-8,13H2,1-6H3. The van der Waals surface area contributed by atoms with Crippen LogP contribution in [0.5, 0.6) is 5.75 Å². The molecule has 0 aliphatic rings. The molecule has 1 amide bonds. The van der Waals surface area contributed by atoms with Crippen molar-refractivity contribution in [2.24, 2.45) is 16.2 Å². The van der Waals surface area contributed by atoms with E-state index in [2.05, 4.69) is 530 Å². The molecule has 0 saturated carbocycles. The third-order valence-corrected chi connectivity index (χ3v) is 16.3. The number of ether oxygens (including phenoxy) is 1. The molecule has 0 aromatic heterocycles. The summed E-state index contributed by atoms with van der Waals surface area (Å²) in [6.07, 6.45) is 20.3. The van der Waals surface area contributed by atoms with Gasteiger partial charge in [-0.15, -0.1) is 12.8 Å². The molecule has 7 nitrogen and oxygen atoms in total. The second-order valence-electron chi connectivity index (χ2n) is 31.7. The van der Waals surface area contributed by atoms with Crippen molar-refractivity contribution in [2.75, 3.05) is 27.2 Å². The summed E-state index contributed by atoms with van der Waals surface area (Å²) < 4.78 is 5.78. The minimum atomic E-state index is -0.0115. The van der Waals surface area contributed by atoms with Gasteiger partial charge in [-0.25, -0.2) is 0 Å². The molecule has 7 heteroatoms. The Morgan fingerprint density at radius 3 is 0.763 bits per heavy atom. The van der Waals surface area contributed by atoms with E-state index in [1.54, 1.807) is 0 Å². The SMILES string of the molecule is C#CC#CC#CC#CC#CC#CC#CC#CC#CC#CC#CC#CC#CC#CC#CC#CC#CC#CC#CC#CC#CC#CC#CC#CC#CC#CC#CC#CC#CC#CC#CC#CC#C.CCC(C)(C)CCOc1ccc(C(=O)NCCCC(C)(C)C)cc1.CNC(C)(C)CCCC(=O)c1ccc(C(C)(C)C)cc1.CNC(C)(C)CCCC(=O)c1ccc(CC(C)(C)C)cc1. The van der Waals surface area contributed by atoms with Crippen molar-refractivity contribution < 1.29 is 19.1 Å². The Hall–Kier alpha value is -18.3. The molecular formula is C124H97N3O4. The van der Waals surface area contributed by atoms with Crippen molar-refractivity contribution in [3.63, 3.8) is 0 Å². The molecule has 0 aliphatic heterocycles. The molecular weight excluding hydrogens is 1600 g/mol. The first-order chi connectivity index (χ1) is 62.8. The number of Topliss-reactive ketones (excluding diaryl/α,β-unsaturated/α-hetero) is 2. The van der Waals surface area contributed by atoms with Crippen molar-refractivity contribution in [1.29, 1.82) is 0 Å². The maximum Gasteiger partial charge on any atom is 0.251 e. The fraction of sp³-hybridized carbons (Fsp3) is 0.298. The quantitative estimate of drug-likeness (QED) is 0.0527. The van der Waals surface area contributed by atoms with Crippen LogP contribution in [0.4, 0.5) is 0 Å². The van der Waals surface area contributed by atoms with Gasteiger partial charge in [0.2, 0.25) is 0 Å². The molecule has 0 radical (unpaired) electrons. The molecule has 3 rings (SSSR count). The highest BCUT2D eigenvalue weighted by Crippen LogP contribution is 2.27.